The Balaban J connectivity index is 1.78. The summed E-state index contributed by atoms with van der Waals surface area (Å²) in [4.78, 5) is 12.0. The first-order valence-electron chi connectivity index (χ1n) is 8.69. The van der Waals surface area contributed by atoms with Crippen LogP contribution in [0.3, 0.4) is 0 Å². The first-order chi connectivity index (χ1) is 12.6. The quantitative estimate of drug-likeness (QED) is 0.398. The predicted octanol–water partition coefficient (Wildman–Crippen LogP) is 5.52. The molecular formula is C19H23BrN2O3S. The smallest absolute Gasteiger partial charge is 0.293 e. The summed E-state index contributed by atoms with van der Waals surface area (Å²) in [5.74, 6) is 0.545. The minimum absolute atomic E-state index is 0.182. The summed E-state index contributed by atoms with van der Waals surface area (Å²) in [6.07, 6.45) is 6.00. The minimum atomic E-state index is -0.410. The summed E-state index contributed by atoms with van der Waals surface area (Å²) in [5, 5.41) is 5.74. The number of amides is 1. The number of unbranched alkanes of at least 4 members (excludes halogenated alkanes) is 4. The molecule has 2 N–H and O–H groups in total. The highest BCUT2D eigenvalue weighted by atomic mass is 79.9. The Morgan fingerprint density at radius 3 is 2.73 bits per heavy atom. The molecule has 0 aliphatic carbocycles. The number of benzene rings is 1. The van der Waals surface area contributed by atoms with Gasteiger partial charge in [-0.1, -0.05) is 38.7 Å². The van der Waals surface area contributed by atoms with E-state index in [2.05, 4.69) is 33.5 Å². The third-order valence-corrected chi connectivity index (χ3v) is 4.26. The molecule has 1 aromatic carbocycles. The molecule has 1 amide bonds. The van der Waals surface area contributed by atoms with E-state index in [0.29, 0.717) is 11.3 Å². The number of furan rings is 1. The van der Waals surface area contributed by atoms with Gasteiger partial charge in [-0.3, -0.25) is 10.1 Å². The molecule has 7 heteroatoms. The molecule has 5 nitrogen and oxygen atoms in total. The third-order valence-electron chi connectivity index (χ3n) is 3.63. The summed E-state index contributed by atoms with van der Waals surface area (Å²) in [5.41, 5.74) is 0.749. The number of hydrogen-bond acceptors (Lipinski definition) is 4. The molecule has 1 heterocycles. The van der Waals surface area contributed by atoms with Crippen LogP contribution >= 0.6 is 28.1 Å². The van der Waals surface area contributed by atoms with Crippen LogP contribution in [0.1, 0.15) is 49.6 Å². The molecule has 26 heavy (non-hydrogen) atoms. The largest absolute Gasteiger partial charge is 0.494 e. The molecule has 1 aromatic heterocycles. The molecule has 0 aliphatic rings. The topological polar surface area (TPSA) is 63.5 Å². The molecule has 0 fully saturated rings. The lowest BCUT2D eigenvalue weighted by atomic mass is 10.2. The maximum atomic E-state index is 12.0. The van der Waals surface area contributed by atoms with Crippen LogP contribution in [0, 0.1) is 0 Å². The highest BCUT2D eigenvalue weighted by molar-refractivity contribution is 9.10. The van der Waals surface area contributed by atoms with Gasteiger partial charge in [0, 0.05) is 11.8 Å². The second-order valence-corrected chi connectivity index (χ2v) is 6.99. The molecule has 0 spiro atoms. The number of halogens is 1. The molecule has 2 rings (SSSR count). The van der Waals surface area contributed by atoms with Crippen LogP contribution in [0.25, 0.3) is 0 Å². The Morgan fingerprint density at radius 1 is 1.19 bits per heavy atom. The Morgan fingerprint density at radius 2 is 2.00 bits per heavy atom. The summed E-state index contributed by atoms with van der Waals surface area (Å²) < 4.78 is 11.4. The summed E-state index contributed by atoms with van der Waals surface area (Å²) >= 11 is 8.33. The van der Waals surface area contributed by atoms with E-state index in [4.69, 9.17) is 21.4 Å². The van der Waals surface area contributed by atoms with E-state index in [1.165, 1.54) is 25.7 Å². The predicted molar refractivity (Wildman–Crippen MR) is 111 cm³/mol. The van der Waals surface area contributed by atoms with Crippen molar-refractivity contribution in [1.82, 2.24) is 5.32 Å². The lowest BCUT2D eigenvalue weighted by Gasteiger charge is -2.11. The molecule has 0 radical (unpaired) electrons. The fourth-order valence-electron chi connectivity index (χ4n) is 2.32. The number of carbonyl (C=O) groups is 1. The van der Waals surface area contributed by atoms with Crippen LogP contribution in [-0.2, 0) is 0 Å². The van der Waals surface area contributed by atoms with Crippen molar-refractivity contribution < 1.29 is 13.9 Å². The second-order valence-electron chi connectivity index (χ2n) is 5.80. The molecule has 0 unspecified atom stereocenters. The Bertz CT molecular complexity index is 733. The minimum Gasteiger partial charge on any atom is -0.494 e. The second kappa shape index (κ2) is 11.0. The summed E-state index contributed by atoms with van der Waals surface area (Å²) in [6.45, 7) is 2.90. The maximum Gasteiger partial charge on any atom is 0.293 e. The van der Waals surface area contributed by atoms with Crippen LogP contribution in [-0.4, -0.2) is 17.6 Å². The zero-order valence-corrected chi connectivity index (χ0v) is 17.1. The van der Waals surface area contributed by atoms with Gasteiger partial charge >= 0.3 is 0 Å². The average molecular weight is 439 g/mol. The first-order valence-corrected chi connectivity index (χ1v) is 9.89. The fourth-order valence-corrected chi connectivity index (χ4v) is 2.84. The Hall–Kier alpha value is -1.86. The van der Waals surface area contributed by atoms with Crippen molar-refractivity contribution in [1.29, 1.82) is 0 Å². The van der Waals surface area contributed by atoms with Crippen molar-refractivity contribution in [3.8, 4) is 5.75 Å². The third kappa shape index (κ3) is 7.17. The fraction of sp³-hybridized carbons (Fsp3) is 0.368. The van der Waals surface area contributed by atoms with Crippen molar-refractivity contribution in [3.05, 3.63) is 46.8 Å². The number of hydrogen-bond donors (Lipinski definition) is 2. The molecular weight excluding hydrogens is 416 g/mol. The van der Waals surface area contributed by atoms with Crippen molar-refractivity contribution in [2.24, 2.45) is 0 Å². The van der Waals surface area contributed by atoms with Crippen molar-refractivity contribution in [2.75, 3.05) is 11.9 Å². The number of carbonyl (C=O) groups excluding carboxylic acids is 1. The van der Waals surface area contributed by atoms with E-state index < -0.39 is 5.91 Å². The molecule has 0 saturated carbocycles. The van der Waals surface area contributed by atoms with Crippen LogP contribution in [0.15, 0.2) is 45.5 Å². The number of rotatable bonds is 9. The first kappa shape index (κ1) is 20.5. The van der Waals surface area contributed by atoms with Crippen molar-refractivity contribution >= 4 is 44.9 Å². The van der Waals surface area contributed by atoms with Gasteiger partial charge in [-0.05, 0) is 58.8 Å². The average Bonchev–Trinajstić information content (AvgIpc) is 3.05. The van der Waals surface area contributed by atoms with Gasteiger partial charge in [0.05, 0.1) is 6.61 Å². The van der Waals surface area contributed by atoms with Crippen LogP contribution in [0.2, 0.25) is 0 Å². The van der Waals surface area contributed by atoms with E-state index in [-0.39, 0.29) is 10.9 Å². The maximum absolute atomic E-state index is 12.0. The van der Waals surface area contributed by atoms with Gasteiger partial charge in [-0.25, -0.2) is 0 Å². The number of ether oxygens (including phenoxy) is 1. The van der Waals surface area contributed by atoms with E-state index in [9.17, 15) is 4.79 Å². The van der Waals surface area contributed by atoms with Crippen molar-refractivity contribution in [2.45, 2.75) is 39.0 Å². The van der Waals surface area contributed by atoms with Crippen LogP contribution < -0.4 is 15.4 Å². The molecule has 2 aromatic rings. The molecule has 0 saturated heterocycles. The molecule has 140 valence electrons. The Kier molecular flexibility index (Phi) is 8.64. The van der Waals surface area contributed by atoms with Gasteiger partial charge in [-0.15, -0.1) is 0 Å². The molecule has 0 aliphatic heterocycles. The number of thiocarbonyl (C=S) groups is 1. The van der Waals surface area contributed by atoms with Gasteiger partial charge in [0.15, 0.2) is 15.5 Å². The van der Waals surface area contributed by atoms with Gasteiger partial charge < -0.3 is 14.5 Å². The zero-order valence-electron chi connectivity index (χ0n) is 14.7. The van der Waals surface area contributed by atoms with E-state index >= 15 is 0 Å². The van der Waals surface area contributed by atoms with Crippen molar-refractivity contribution in [3.63, 3.8) is 0 Å². The van der Waals surface area contributed by atoms with Gasteiger partial charge in [0.1, 0.15) is 5.75 Å². The molecule has 0 atom stereocenters. The lowest BCUT2D eigenvalue weighted by molar-refractivity contribution is 0.0949. The van der Waals surface area contributed by atoms with Crippen LogP contribution in [0.5, 0.6) is 5.75 Å². The van der Waals surface area contributed by atoms with E-state index in [1.807, 2.05) is 24.3 Å². The molecule has 0 bridgehead atoms. The Labute approximate surface area is 167 Å². The lowest BCUT2D eigenvalue weighted by Crippen LogP contribution is -2.33. The summed E-state index contributed by atoms with van der Waals surface area (Å²) in [6, 6.07) is 10.7. The van der Waals surface area contributed by atoms with E-state index in [0.717, 1.165) is 17.9 Å². The SMILES string of the molecule is CCCCCCCOc1cccc(NC(=S)NC(=O)c2ccc(Br)o2)c1. The monoisotopic (exact) mass is 438 g/mol. The highest BCUT2D eigenvalue weighted by Gasteiger charge is 2.12. The number of anilines is 1. The van der Waals surface area contributed by atoms with Crippen LogP contribution in [0.4, 0.5) is 5.69 Å². The van der Waals surface area contributed by atoms with Gasteiger partial charge in [0.25, 0.3) is 5.91 Å². The standard InChI is InChI=1S/C19H23BrN2O3S/c1-2-3-4-5-6-12-24-15-9-7-8-14(13-15)21-19(26)22-18(23)16-10-11-17(20)25-16/h7-11,13H,2-6,12H2,1H3,(H2,21,22,23,26). The van der Waals surface area contributed by atoms with Gasteiger partial charge in [-0.2, -0.15) is 0 Å². The normalized spacial score (nSPS) is 10.4. The van der Waals surface area contributed by atoms with Gasteiger partial charge in [0.2, 0.25) is 0 Å². The highest BCUT2D eigenvalue weighted by Crippen LogP contribution is 2.18. The van der Waals surface area contributed by atoms with E-state index in [1.54, 1.807) is 12.1 Å². The summed E-state index contributed by atoms with van der Waals surface area (Å²) in [7, 11) is 0. The number of nitrogens with one attached hydrogen (secondary N) is 2. The zero-order chi connectivity index (χ0) is 18.8.